The van der Waals surface area contributed by atoms with Gasteiger partial charge in [-0.05, 0) is 37.1 Å². The highest BCUT2D eigenvalue weighted by Gasteiger charge is 2.16. The Hall–Kier alpha value is -2.40. The molecule has 0 amide bonds. The van der Waals surface area contributed by atoms with E-state index in [1.165, 1.54) is 11.3 Å². The Morgan fingerprint density at radius 2 is 1.58 bits per heavy atom. The number of nitro benzene ring substituents is 1. The molecule has 0 unspecified atom stereocenters. The second-order valence-corrected chi connectivity index (χ2v) is 6.19. The molecule has 0 N–H and O–H groups in total. The standard InChI is InChI=1S/C19H23N3O2/c23-22(24)19-10-8-17(9-11-19)5-4-12-20-13-15-21(16-14-20)18-6-2-1-3-7-18/h1-3,6-11H,4-5,12-16H2. The third-order valence-corrected chi connectivity index (χ3v) is 4.58. The number of hydrogen-bond donors (Lipinski definition) is 0. The summed E-state index contributed by atoms with van der Waals surface area (Å²) in [6, 6.07) is 17.5. The first kappa shape index (κ1) is 16.5. The van der Waals surface area contributed by atoms with Gasteiger partial charge < -0.3 is 4.90 Å². The molecule has 0 spiro atoms. The predicted molar refractivity (Wildman–Crippen MR) is 96.5 cm³/mol. The second kappa shape index (κ2) is 7.93. The summed E-state index contributed by atoms with van der Waals surface area (Å²) in [5.41, 5.74) is 2.64. The van der Waals surface area contributed by atoms with Crippen molar-refractivity contribution in [3.05, 3.63) is 70.3 Å². The SMILES string of the molecule is O=[N+]([O-])c1ccc(CCCN2CCN(c3ccccc3)CC2)cc1. The van der Waals surface area contributed by atoms with Crippen LogP contribution in [0, 0.1) is 10.1 Å². The fourth-order valence-corrected chi connectivity index (χ4v) is 3.16. The Bertz CT molecular complexity index is 650. The van der Waals surface area contributed by atoms with Crippen LogP contribution in [0.25, 0.3) is 0 Å². The number of nitrogens with zero attached hydrogens (tertiary/aromatic N) is 3. The number of benzene rings is 2. The minimum atomic E-state index is -0.351. The summed E-state index contributed by atoms with van der Waals surface area (Å²) in [7, 11) is 0. The van der Waals surface area contributed by atoms with E-state index in [2.05, 4.69) is 40.1 Å². The summed E-state index contributed by atoms with van der Waals surface area (Å²) in [6.45, 7) is 5.41. The molecule has 2 aromatic carbocycles. The summed E-state index contributed by atoms with van der Waals surface area (Å²) in [5.74, 6) is 0. The molecule has 0 aliphatic carbocycles. The topological polar surface area (TPSA) is 49.6 Å². The zero-order chi connectivity index (χ0) is 16.8. The Morgan fingerprint density at radius 3 is 2.21 bits per heavy atom. The lowest BCUT2D eigenvalue weighted by Gasteiger charge is -2.36. The van der Waals surface area contributed by atoms with Gasteiger partial charge in [0.25, 0.3) is 5.69 Å². The number of anilines is 1. The van der Waals surface area contributed by atoms with Crippen LogP contribution >= 0.6 is 0 Å². The smallest absolute Gasteiger partial charge is 0.269 e. The molecule has 0 bridgehead atoms. The summed E-state index contributed by atoms with van der Waals surface area (Å²) >= 11 is 0. The highest BCUT2D eigenvalue weighted by atomic mass is 16.6. The molecule has 1 aliphatic heterocycles. The van der Waals surface area contributed by atoms with Crippen LogP contribution in [0.5, 0.6) is 0 Å². The fourth-order valence-electron chi connectivity index (χ4n) is 3.16. The minimum Gasteiger partial charge on any atom is -0.369 e. The van der Waals surface area contributed by atoms with Gasteiger partial charge in [-0.25, -0.2) is 0 Å². The third kappa shape index (κ3) is 4.32. The van der Waals surface area contributed by atoms with Crippen LogP contribution in [0.1, 0.15) is 12.0 Å². The van der Waals surface area contributed by atoms with Crippen LogP contribution in [0.15, 0.2) is 54.6 Å². The minimum absolute atomic E-state index is 0.163. The molecule has 1 aliphatic rings. The van der Waals surface area contributed by atoms with E-state index >= 15 is 0 Å². The van der Waals surface area contributed by atoms with E-state index < -0.39 is 0 Å². The quantitative estimate of drug-likeness (QED) is 0.604. The first-order valence-electron chi connectivity index (χ1n) is 8.48. The van der Waals surface area contributed by atoms with Gasteiger partial charge in [-0.3, -0.25) is 15.0 Å². The van der Waals surface area contributed by atoms with Gasteiger partial charge in [0.15, 0.2) is 0 Å². The Labute approximate surface area is 142 Å². The normalized spacial score (nSPS) is 15.4. The molecule has 3 rings (SSSR count). The van der Waals surface area contributed by atoms with Crippen molar-refractivity contribution in [1.82, 2.24) is 4.90 Å². The summed E-state index contributed by atoms with van der Waals surface area (Å²) in [4.78, 5) is 15.2. The van der Waals surface area contributed by atoms with Crippen molar-refractivity contribution in [2.24, 2.45) is 0 Å². The number of aryl methyl sites for hydroxylation is 1. The van der Waals surface area contributed by atoms with Gasteiger partial charge in [0.2, 0.25) is 0 Å². The first-order chi connectivity index (χ1) is 11.7. The van der Waals surface area contributed by atoms with Crippen molar-refractivity contribution in [3.63, 3.8) is 0 Å². The highest BCUT2D eigenvalue weighted by molar-refractivity contribution is 5.46. The average molecular weight is 325 g/mol. The second-order valence-electron chi connectivity index (χ2n) is 6.19. The Balaban J connectivity index is 1.40. The van der Waals surface area contributed by atoms with E-state index in [1.807, 2.05) is 12.1 Å². The van der Waals surface area contributed by atoms with Gasteiger partial charge in [-0.15, -0.1) is 0 Å². The molecule has 1 saturated heterocycles. The number of non-ortho nitro benzene ring substituents is 1. The molecule has 24 heavy (non-hydrogen) atoms. The molecule has 5 nitrogen and oxygen atoms in total. The van der Waals surface area contributed by atoms with Gasteiger partial charge in [-0.2, -0.15) is 0 Å². The van der Waals surface area contributed by atoms with Gasteiger partial charge in [0, 0.05) is 44.0 Å². The lowest BCUT2D eigenvalue weighted by atomic mass is 10.1. The van der Waals surface area contributed by atoms with Gasteiger partial charge in [0.05, 0.1) is 4.92 Å². The fraction of sp³-hybridized carbons (Fsp3) is 0.368. The van der Waals surface area contributed by atoms with E-state index in [0.717, 1.165) is 45.6 Å². The lowest BCUT2D eigenvalue weighted by molar-refractivity contribution is -0.384. The number of nitro groups is 1. The summed E-state index contributed by atoms with van der Waals surface area (Å²) in [5, 5.41) is 10.7. The van der Waals surface area contributed by atoms with Crippen LogP contribution in [0.4, 0.5) is 11.4 Å². The number of hydrogen-bond acceptors (Lipinski definition) is 4. The number of piperazine rings is 1. The first-order valence-corrected chi connectivity index (χ1v) is 8.48. The van der Waals surface area contributed by atoms with Crippen molar-refractivity contribution >= 4 is 11.4 Å². The summed E-state index contributed by atoms with van der Waals surface area (Å²) in [6.07, 6.45) is 2.06. The van der Waals surface area contributed by atoms with E-state index in [-0.39, 0.29) is 10.6 Å². The highest BCUT2D eigenvalue weighted by Crippen LogP contribution is 2.16. The van der Waals surface area contributed by atoms with Crippen LogP contribution in [-0.2, 0) is 6.42 Å². The van der Waals surface area contributed by atoms with E-state index in [9.17, 15) is 10.1 Å². The Kier molecular flexibility index (Phi) is 5.43. The van der Waals surface area contributed by atoms with Crippen molar-refractivity contribution in [1.29, 1.82) is 0 Å². The zero-order valence-corrected chi connectivity index (χ0v) is 13.8. The maximum Gasteiger partial charge on any atom is 0.269 e. The molecule has 1 fully saturated rings. The predicted octanol–water partition coefficient (Wildman–Crippen LogP) is 3.35. The van der Waals surface area contributed by atoms with Gasteiger partial charge in [0.1, 0.15) is 0 Å². The Morgan fingerprint density at radius 1 is 0.917 bits per heavy atom. The molecule has 0 radical (unpaired) electrons. The largest absolute Gasteiger partial charge is 0.369 e. The number of para-hydroxylation sites is 1. The van der Waals surface area contributed by atoms with Crippen LogP contribution < -0.4 is 4.90 Å². The maximum absolute atomic E-state index is 10.7. The van der Waals surface area contributed by atoms with Crippen molar-refractivity contribution in [2.75, 3.05) is 37.6 Å². The third-order valence-electron chi connectivity index (χ3n) is 4.58. The van der Waals surface area contributed by atoms with Crippen molar-refractivity contribution < 1.29 is 4.92 Å². The van der Waals surface area contributed by atoms with Crippen LogP contribution in [-0.4, -0.2) is 42.5 Å². The van der Waals surface area contributed by atoms with Crippen molar-refractivity contribution in [3.8, 4) is 0 Å². The zero-order valence-electron chi connectivity index (χ0n) is 13.8. The molecular formula is C19H23N3O2. The molecular weight excluding hydrogens is 302 g/mol. The molecule has 0 aromatic heterocycles. The molecule has 2 aromatic rings. The molecule has 5 heteroatoms. The monoisotopic (exact) mass is 325 g/mol. The number of rotatable bonds is 6. The van der Waals surface area contributed by atoms with E-state index in [4.69, 9.17) is 0 Å². The molecule has 1 heterocycles. The van der Waals surface area contributed by atoms with E-state index in [1.54, 1.807) is 12.1 Å². The molecule has 0 atom stereocenters. The molecule has 126 valence electrons. The maximum atomic E-state index is 10.7. The van der Waals surface area contributed by atoms with Crippen LogP contribution in [0.3, 0.4) is 0 Å². The van der Waals surface area contributed by atoms with E-state index in [0.29, 0.717) is 0 Å². The lowest BCUT2D eigenvalue weighted by Crippen LogP contribution is -2.46. The van der Waals surface area contributed by atoms with Gasteiger partial charge in [-0.1, -0.05) is 30.3 Å². The molecule has 0 saturated carbocycles. The van der Waals surface area contributed by atoms with Crippen molar-refractivity contribution in [2.45, 2.75) is 12.8 Å². The summed E-state index contributed by atoms with van der Waals surface area (Å²) < 4.78 is 0. The van der Waals surface area contributed by atoms with Gasteiger partial charge >= 0.3 is 0 Å². The average Bonchev–Trinajstić information content (AvgIpc) is 2.63. The van der Waals surface area contributed by atoms with Crippen LogP contribution in [0.2, 0.25) is 0 Å².